The first kappa shape index (κ1) is 13.0. The molecular weight excluding hydrogens is 203 g/mol. The fourth-order valence-electron chi connectivity index (χ4n) is 1.74. The average Bonchev–Trinajstić information content (AvgIpc) is 2.29. The number of hydrogen-bond acceptors (Lipinski definition) is 2. The predicted molar refractivity (Wildman–Crippen MR) is 67.1 cm³/mol. The van der Waals surface area contributed by atoms with Gasteiger partial charge in [0.25, 0.3) is 0 Å². The van der Waals surface area contributed by atoms with E-state index >= 15 is 0 Å². The summed E-state index contributed by atoms with van der Waals surface area (Å²) in [6, 6.07) is 6.83. The van der Waals surface area contributed by atoms with Gasteiger partial charge in [0.05, 0.1) is 5.69 Å². The number of rotatable bonds is 5. The molecule has 16 heavy (non-hydrogen) atoms. The Bertz CT molecular complexity index is 334. The van der Waals surface area contributed by atoms with E-state index in [4.69, 9.17) is 5.73 Å². The number of anilines is 1. The third-order valence-corrected chi connectivity index (χ3v) is 3.23. The molecule has 0 aliphatic heterocycles. The zero-order valence-electron chi connectivity index (χ0n) is 10.3. The third-order valence-electron chi connectivity index (χ3n) is 3.23. The lowest BCUT2D eigenvalue weighted by Crippen LogP contribution is -2.38. The Kier molecular flexibility index (Phi) is 4.30. The third kappa shape index (κ3) is 2.95. The van der Waals surface area contributed by atoms with Gasteiger partial charge in [-0.2, -0.15) is 0 Å². The number of para-hydroxylation sites is 1. The van der Waals surface area contributed by atoms with E-state index in [0.717, 1.165) is 13.0 Å². The summed E-state index contributed by atoms with van der Waals surface area (Å²) >= 11 is 0. The topological polar surface area (TPSA) is 29.3 Å². The molecule has 2 N–H and O–H groups in total. The molecule has 0 bridgehead atoms. The highest BCUT2D eigenvalue weighted by atomic mass is 19.1. The maximum Gasteiger partial charge on any atom is 0.146 e. The molecule has 0 aliphatic rings. The molecule has 1 aromatic rings. The number of nitrogens with zero attached hydrogens (tertiary/aromatic N) is 1. The van der Waals surface area contributed by atoms with Crippen LogP contribution in [0.2, 0.25) is 0 Å². The fourth-order valence-corrected chi connectivity index (χ4v) is 1.74. The van der Waals surface area contributed by atoms with Crippen LogP contribution in [0.1, 0.15) is 20.3 Å². The van der Waals surface area contributed by atoms with Gasteiger partial charge in [0.2, 0.25) is 0 Å². The minimum atomic E-state index is -0.180. The zero-order chi connectivity index (χ0) is 12.2. The van der Waals surface area contributed by atoms with E-state index in [-0.39, 0.29) is 11.2 Å². The Labute approximate surface area is 97.3 Å². The summed E-state index contributed by atoms with van der Waals surface area (Å²) in [6.07, 6.45) is 0.988. The summed E-state index contributed by atoms with van der Waals surface area (Å²) in [7, 11) is 1.90. The molecule has 0 fully saturated rings. The van der Waals surface area contributed by atoms with Crippen molar-refractivity contribution in [1.29, 1.82) is 0 Å². The number of benzene rings is 1. The van der Waals surface area contributed by atoms with Crippen molar-refractivity contribution in [2.75, 3.05) is 25.0 Å². The predicted octanol–water partition coefficient (Wildman–Crippen LogP) is 2.64. The molecule has 0 aromatic heterocycles. The smallest absolute Gasteiger partial charge is 0.146 e. The van der Waals surface area contributed by atoms with Gasteiger partial charge in [-0.3, -0.25) is 0 Å². The van der Waals surface area contributed by atoms with Crippen LogP contribution in [0.3, 0.4) is 0 Å². The fraction of sp³-hybridized carbons (Fsp3) is 0.538. The highest BCUT2D eigenvalue weighted by molar-refractivity contribution is 5.46. The summed E-state index contributed by atoms with van der Waals surface area (Å²) in [5.41, 5.74) is 6.44. The molecule has 1 unspecified atom stereocenters. The lowest BCUT2D eigenvalue weighted by molar-refractivity contribution is 0.329. The quantitative estimate of drug-likeness (QED) is 0.833. The summed E-state index contributed by atoms with van der Waals surface area (Å²) in [6.45, 7) is 5.62. The van der Waals surface area contributed by atoms with Gasteiger partial charge in [0.1, 0.15) is 5.82 Å². The van der Waals surface area contributed by atoms with Crippen LogP contribution in [0.25, 0.3) is 0 Å². The van der Waals surface area contributed by atoms with E-state index < -0.39 is 0 Å². The van der Waals surface area contributed by atoms with Crippen LogP contribution in [0.15, 0.2) is 24.3 Å². The highest BCUT2D eigenvalue weighted by Crippen LogP contribution is 2.25. The number of hydrogen-bond donors (Lipinski definition) is 1. The monoisotopic (exact) mass is 224 g/mol. The molecule has 0 radical (unpaired) electrons. The molecule has 1 atom stereocenters. The summed E-state index contributed by atoms with van der Waals surface area (Å²) in [4.78, 5) is 1.94. The van der Waals surface area contributed by atoms with Crippen molar-refractivity contribution < 1.29 is 4.39 Å². The van der Waals surface area contributed by atoms with Crippen LogP contribution in [0.5, 0.6) is 0 Å². The molecule has 1 rings (SSSR count). The summed E-state index contributed by atoms with van der Waals surface area (Å²) in [5.74, 6) is -0.180. The van der Waals surface area contributed by atoms with Gasteiger partial charge in [0, 0.05) is 13.6 Å². The van der Waals surface area contributed by atoms with Crippen LogP contribution in [-0.2, 0) is 0 Å². The van der Waals surface area contributed by atoms with E-state index in [9.17, 15) is 4.39 Å². The van der Waals surface area contributed by atoms with Crippen molar-refractivity contribution in [3.8, 4) is 0 Å². The molecule has 0 saturated carbocycles. The Morgan fingerprint density at radius 2 is 2.00 bits per heavy atom. The SMILES string of the molecule is CCC(C)(CN)CN(C)c1ccccc1F. The van der Waals surface area contributed by atoms with E-state index in [1.54, 1.807) is 12.1 Å². The van der Waals surface area contributed by atoms with Crippen molar-refractivity contribution in [1.82, 2.24) is 0 Å². The molecule has 2 nitrogen and oxygen atoms in total. The second-order valence-corrected chi connectivity index (χ2v) is 4.68. The number of nitrogens with two attached hydrogens (primary N) is 1. The second-order valence-electron chi connectivity index (χ2n) is 4.68. The molecule has 0 heterocycles. The van der Waals surface area contributed by atoms with Crippen molar-refractivity contribution >= 4 is 5.69 Å². The molecule has 0 amide bonds. The molecule has 1 aromatic carbocycles. The lowest BCUT2D eigenvalue weighted by atomic mass is 9.87. The molecule has 90 valence electrons. The van der Waals surface area contributed by atoms with Gasteiger partial charge < -0.3 is 10.6 Å². The zero-order valence-corrected chi connectivity index (χ0v) is 10.3. The summed E-state index contributed by atoms with van der Waals surface area (Å²) < 4.78 is 13.6. The van der Waals surface area contributed by atoms with Crippen LogP contribution in [0, 0.1) is 11.2 Å². The average molecular weight is 224 g/mol. The van der Waals surface area contributed by atoms with Crippen LogP contribution < -0.4 is 10.6 Å². The maximum absolute atomic E-state index is 13.6. The first-order valence-corrected chi connectivity index (χ1v) is 5.68. The van der Waals surface area contributed by atoms with E-state index in [0.29, 0.717) is 12.2 Å². The normalized spacial score (nSPS) is 14.6. The minimum Gasteiger partial charge on any atom is -0.372 e. The van der Waals surface area contributed by atoms with Crippen molar-refractivity contribution in [2.45, 2.75) is 20.3 Å². The van der Waals surface area contributed by atoms with Gasteiger partial charge in [-0.25, -0.2) is 4.39 Å². The minimum absolute atomic E-state index is 0.0387. The largest absolute Gasteiger partial charge is 0.372 e. The Hall–Kier alpha value is -1.09. The Balaban J connectivity index is 2.80. The van der Waals surface area contributed by atoms with Crippen molar-refractivity contribution in [2.24, 2.45) is 11.1 Å². The van der Waals surface area contributed by atoms with E-state index in [1.165, 1.54) is 6.07 Å². The maximum atomic E-state index is 13.6. The van der Waals surface area contributed by atoms with E-state index in [1.807, 2.05) is 18.0 Å². The van der Waals surface area contributed by atoms with Crippen molar-refractivity contribution in [3.05, 3.63) is 30.1 Å². The summed E-state index contributed by atoms with van der Waals surface area (Å²) in [5, 5.41) is 0. The van der Waals surface area contributed by atoms with Gasteiger partial charge in [0.15, 0.2) is 0 Å². The van der Waals surface area contributed by atoms with Crippen molar-refractivity contribution in [3.63, 3.8) is 0 Å². The van der Waals surface area contributed by atoms with Gasteiger partial charge in [-0.1, -0.05) is 26.0 Å². The Morgan fingerprint density at radius 3 is 2.50 bits per heavy atom. The molecule has 0 spiro atoms. The van der Waals surface area contributed by atoms with Crippen LogP contribution in [-0.4, -0.2) is 20.1 Å². The molecule has 3 heteroatoms. The standard InChI is InChI=1S/C13H21FN2/c1-4-13(2,9-15)10-16(3)12-8-6-5-7-11(12)14/h5-8H,4,9-10,15H2,1-3H3. The van der Waals surface area contributed by atoms with Crippen LogP contribution in [0.4, 0.5) is 10.1 Å². The molecular formula is C13H21FN2. The first-order valence-electron chi connectivity index (χ1n) is 5.68. The molecule has 0 aliphatic carbocycles. The molecule has 0 saturated heterocycles. The van der Waals surface area contributed by atoms with E-state index in [2.05, 4.69) is 13.8 Å². The first-order chi connectivity index (χ1) is 7.52. The number of halogens is 1. The Morgan fingerprint density at radius 1 is 1.38 bits per heavy atom. The van der Waals surface area contributed by atoms with Gasteiger partial charge >= 0.3 is 0 Å². The van der Waals surface area contributed by atoms with Gasteiger partial charge in [-0.05, 0) is 30.5 Å². The van der Waals surface area contributed by atoms with Crippen LogP contribution >= 0.6 is 0 Å². The van der Waals surface area contributed by atoms with Gasteiger partial charge in [-0.15, -0.1) is 0 Å². The lowest BCUT2D eigenvalue weighted by Gasteiger charge is -2.33. The highest BCUT2D eigenvalue weighted by Gasteiger charge is 2.23. The second kappa shape index (κ2) is 5.30.